The van der Waals surface area contributed by atoms with Crippen molar-refractivity contribution in [3.05, 3.63) is 194 Å². The number of rotatable bonds is 4. The number of para-hydroxylation sites is 2. The van der Waals surface area contributed by atoms with Gasteiger partial charge in [-0.3, -0.25) is 0 Å². The molecule has 3 heteroatoms. The van der Waals surface area contributed by atoms with Crippen LogP contribution >= 0.6 is 0 Å². The minimum absolute atomic E-state index is 0.949. The minimum Gasteiger partial charge on any atom is -0.342 e. The Morgan fingerprint density at radius 2 is 0.843 bits per heavy atom. The topological polar surface area (TPSA) is 22.8 Å². The van der Waals surface area contributed by atoms with Crippen LogP contribution in [0.4, 0.5) is 0 Å². The molecule has 0 aliphatic heterocycles. The molecule has 0 saturated heterocycles. The highest BCUT2D eigenvalue weighted by Gasteiger charge is 2.23. The van der Waals surface area contributed by atoms with Crippen LogP contribution in [0.25, 0.3) is 82.9 Å². The second kappa shape index (κ2) is 13.0. The summed E-state index contributed by atoms with van der Waals surface area (Å²) >= 11 is 0. The lowest BCUT2D eigenvalue weighted by atomic mass is 9.96. The van der Waals surface area contributed by atoms with Gasteiger partial charge in [0.2, 0.25) is 0 Å². The summed E-state index contributed by atoms with van der Waals surface area (Å²) in [6.07, 6.45) is 0. The van der Waals surface area contributed by atoms with Crippen molar-refractivity contribution in [3.8, 4) is 39.3 Å². The maximum absolute atomic E-state index is 5.21. The van der Waals surface area contributed by atoms with Crippen LogP contribution in [0.2, 0.25) is 0 Å². The Hall–Kier alpha value is -6.71. The number of aromatic nitrogens is 3. The molecule has 0 saturated carbocycles. The van der Waals surface area contributed by atoms with Crippen LogP contribution in [-0.4, -0.2) is 14.1 Å². The Balaban J connectivity index is 0.000000529. The van der Waals surface area contributed by atoms with Crippen molar-refractivity contribution in [3.63, 3.8) is 0 Å². The average Bonchev–Trinajstić information content (AvgIpc) is 3.71. The Morgan fingerprint density at radius 1 is 0.392 bits per heavy atom. The molecule has 0 amide bonds. The molecule has 10 rings (SSSR count). The molecule has 0 spiro atoms. The maximum atomic E-state index is 5.21. The van der Waals surface area contributed by atoms with Crippen molar-refractivity contribution >= 4 is 43.6 Å². The third-order valence-electron chi connectivity index (χ3n) is 9.76. The predicted molar refractivity (Wildman–Crippen MR) is 215 cm³/mol. The van der Waals surface area contributed by atoms with E-state index >= 15 is 0 Å². The molecule has 0 N–H and O–H groups in total. The lowest BCUT2D eigenvalue weighted by Crippen LogP contribution is -2.00. The van der Waals surface area contributed by atoms with E-state index in [4.69, 9.17) is 4.98 Å². The smallest absolute Gasteiger partial charge is 0.0791 e. The molecule has 3 nitrogen and oxygen atoms in total. The second-order valence-corrected chi connectivity index (χ2v) is 12.8. The van der Waals surface area contributed by atoms with E-state index in [1.807, 2.05) is 36.4 Å². The fraction of sp³-hybridized carbons (Fsp3) is 0.0208. The van der Waals surface area contributed by atoms with Crippen LogP contribution in [0.15, 0.2) is 194 Å². The third kappa shape index (κ3) is 5.36. The molecule has 3 aromatic heterocycles. The number of fused-ring (bicyclic) bond motifs is 7. The molecular formula is C48H35N3. The van der Waals surface area contributed by atoms with Gasteiger partial charge in [0.15, 0.2) is 0 Å². The molecule has 10 aromatic rings. The number of hydrogen-bond donors (Lipinski definition) is 0. The Labute approximate surface area is 297 Å². The van der Waals surface area contributed by atoms with Gasteiger partial charge in [0.1, 0.15) is 0 Å². The summed E-state index contributed by atoms with van der Waals surface area (Å²) < 4.78 is 4.84. The van der Waals surface area contributed by atoms with E-state index < -0.39 is 0 Å². The number of hydrogen-bond acceptors (Lipinski definition) is 1. The molecular weight excluding hydrogens is 619 g/mol. The van der Waals surface area contributed by atoms with Crippen LogP contribution in [-0.2, 0) is 7.05 Å². The maximum Gasteiger partial charge on any atom is 0.0791 e. The van der Waals surface area contributed by atoms with Gasteiger partial charge < -0.3 is 9.13 Å². The zero-order chi connectivity index (χ0) is 34.1. The lowest BCUT2D eigenvalue weighted by molar-refractivity contribution is 1.01. The first-order valence-corrected chi connectivity index (χ1v) is 17.4. The summed E-state index contributed by atoms with van der Waals surface area (Å²) in [5.41, 5.74) is 12.5. The Morgan fingerprint density at radius 3 is 1.41 bits per heavy atom. The van der Waals surface area contributed by atoms with Gasteiger partial charge in [-0.25, -0.2) is 4.98 Å². The molecule has 0 aliphatic carbocycles. The number of benzene rings is 7. The summed E-state index contributed by atoms with van der Waals surface area (Å²) in [5.74, 6) is 0. The molecule has 3 heterocycles. The molecule has 0 aliphatic rings. The summed E-state index contributed by atoms with van der Waals surface area (Å²) in [6.45, 7) is 0. The van der Waals surface area contributed by atoms with Gasteiger partial charge in [0.25, 0.3) is 0 Å². The van der Waals surface area contributed by atoms with Crippen LogP contribution in [0.1, 0.15) is 0 Å². The van der Waals surface area contributed by atoms with Crippen molar-refractivity contribution in [1.29, 1.82) is 0 Å². The van der Waals surface area contributed by atoms with E-state index in [-0.39, 0.29) is 0 Å². The van der Waals surface area contributed by atoms with Crippen molar-refractivity contribution in [2.75, 3.05) is 0 Å². The quantitative estimate of drug-likeness (QED) is 0.185. The van der Waals surface area contributed by atoms with Gasteiger partial charge in [0.05, 0.1) is 33.6 Å². The van der Waals surface area contributed by atoms with Crippen molar-refractivity contribution in [2.45, 2.75) is 0 Å². The van der Waals surface area contributed by atoms with E-state index in [1.165, 1.54) is 54.7 Å². The van der Waals surface area contributed by atoms with Crippen LogP contribution in [0.5, 0.6) is 0 Å². The van der Waals surface area contributed by atoms with Gasteiger partial charge in [-0.15, -0.1) is 0 Å². The van der Waals surface area contributed by atoms with Crippen molar-refractivity contribution in [1.82, 2.24) is 14.1 Å². The largest absolute Gasteiger partial charge is 0.342 e. The van der Waals surface area contributed by atoms with E-state index in [1.54, 1.807) is 0 Å². The fourth-order valence-corrected chi connectivity index (χ4v) is 7.47. The van der Waals surface area contributed by atoms with Crippen LogP contribution < -0.4 is 0 Å². The summed E-state index contributed by atoms with van der Waals surface area (Å²) in [7, 11) is 2.20. The third-order valence-corrected chi connectivity index (χ3v) is 9.76. The van der Waals surface area contributed by atoms with Gasteiger partial charge in [-0.1, -0.05) is 164 Å². The number of aryl methyl sites for hydroxylation is 1. The molecule has 242 valence electrons. The molecule has 0 atom stereocenters. The van der Waals surface area contributed by atoms with E-state index in [0.29, 0.717) is 0 Å². The normalized spacial score (nSPS) is 11.2. The fourth-order valence-electron chi connectivity index (χ4n) is 7.47. The second-order valence-electron chi connectivity index (χ2n) is 12.8. The van der Waals surface area contributed by atoms with E-state index in [2.05, 4.69) is 174 Å². The summed E-state index contributed by atoms with van der Waals surface area (Å²) in [6, 6.07) is 68.3. The number of nitrogens with zero attached hydrogens (tertiary/aromatic N) is 3. The van der Waals surface area contributed by atoms with Crippen molar-refractivity contribution < 1.29 is 0 Å². The monoisotopic (exact) mass is 653 g/mol. The highest BCUT2D eigenvalue weighted by molar-refractivity contribution is 6.27. The van der Waals surface area contributed by atoms with Crippen LogP contribution in [0, 0.1) is 0 Å². The van der Waals surface area contributed by atoms with E-state index in [9.17, 15) is 0 Å². The first kappa shape index (κ1) is 30.4. The number of pyridine rings is 1. The Bertz CT molecular complexity index is 2690. The highest BCUT2D eigenvalue weighted by Crippen LogP contribution is 2.45. The summed E-state index contributed by atoms with van der Waals surface area (Å²) in [4.78, 5) is 5.21. The standard InChI is InChI=1S/C42H29N3.C6H6/c1-44-38-23-13-11-21-32(38)35-27-34(28-15-5-2-6-16-28)40-33-22-12-14-24-39(33)45(42(40)41(35)44)31-25-36(29-17-7-3-8-18-29)43-37(26-31)30-19-9-4-10-20-30;1-2-4-6-5-3-1/h2-27H,1H3;1-6H. The zero-order valence-electron chi connectivity index (χ0n) is 28.3. The van der Waals surface area contributed by atoms with Gasteiger partial charge in [-0.05, 0) is 41.5 Å². The summed E-state index contributed by atoms with van der Waals surface area (Å²) in [5, 5.41) is 5.01. The average molecular weight is 654 g/mol. The predicted octanol–water partition coefficient (Wildman–Crippen LogP) is 12.5. The first-order chi connectivity index (χ1) is 25.3. The van der Waals surface area contributed by atoms with Crippen LogP contribution in [0.3, 0.4) is 0 Å². The van der Waals surface area contributed by atoms with Gasteiger partial charge in [-0.2, -0.15) is 0 Å². The molecule has 0 unspecified atom stereocenters. The first-order valence-electron chi connectivity index (χ1n) is 17.4. The van der Waals surface area contributed by atoms with Gasteiger partial charge in [0, 0.05) is 45.2 Å². The van der Waals surface area contributed by atoms with E-state index in [0.717, 1.165) is 28.2 Å². The van der Waals surface area contributed by atoms with Gasteiger partial charge >= 0.3 is 0 Å². The highest BCUT2D eigenvalue weighted by atomic mass is 15.0. The lowest BCUT2D eigenvalue weighted by Gasteiger charge is -2.15. The van der Waals surface area contributed by atoms with Crippen molar-refractivity contribution in [2.24, 2.45) is 7.05 Å². The molecule has 51 heavy (non-hydrogen) atoms. The minimum atomic E-state index is 0.949. The molecule has 0 bridgehead atoms. The molecule has 0 fully saturated rings. The Kier molecular flexibility index (Phi) is 7.71. The SMILES string of the molecule is Cn1c2ccccc2c2cc(-c3ccccc3)c3c4ccccc4n(-c4cc(-c5ccccc5)nc(-c5ccccc5)c4)c3c21.c1ccccc1. The molecule has 0 radical (unpaired) electrons. The zero-order valence-corrected chi connectivity index (χ0v) is 28.3. The molecule has 7 aromatic carbocycles.